The van der Waals surface area contributed by atoms with Crippen LogP contribution in [0.25, 0.3) is 0 Å². The molecule has 1 aliphatic rings. The van der Waals surface area contributed by atoms with Gasteiger partial charge in [0.25, 0.3) is 0 Å². The van der Waals surface area contributed by atoms with E-state index in [1.54, 1.807) is 0 Å². The second-order valence-corrected chi connectivity index (χ2v) is 8.12. The van der Waals surface area contributed by atoms with Crippen LogP contribution in [0.3, 0.4) is 0 Å². The summed E-state index contributed by atoms with van der Waals surface area (Å²) in [5.74, 6) is 0.0464. The van der Waals surface area contributed by atoms with Gasteiger partial charge in [-0.05, 0) is 44.1 Å². The minimum Gasteiger partial charge on any atom is -0.469 e. The van der Waals surface area contributed by atoms with E-state index in [9.17, 15) is 14.7 Å². The van der Waals surface area contributed by atoms with Gasteiger partial charge in [-0.3, -0.25) is 9.59 Å². The quantitative estimate of drug-likeness (QED) is 0.277. The molecule has 1 aliphatic heterocycles. The minimum absolute atomic E-state index is 0.103. The standard InChI is InChI=1S/C25H37NO4/c1-30-25(29)15-7-2-3-10-20-26-22(17-19-24(26)28)16-18-23(27)14-9-8-13-21-11-5-4-6-12-21/h4-6,11-12,16,18,22-23,27H,2-3,7-10,13-15,17,19-20H2,1H3/t22-,23-/m0/s1. The molecule has 1 heterocycles. The van der Waals surface area contributed by atoms with Gasteiger partial charge in [-0.1, -0.05) is 61.7 Å². The maximum Gasteiger partial charge on any atom is 0.305 e. The Kier molecular flexibility index (Phi) is 11.2. The zero-order valence-electron chi connectivity index (χ0n) is 18.3. The van der Waals surface area contributed by atoms with Crippen molar-refractivity contribution in [3.05, 3.63) is 48.0 Å². The van der Waals surface area contributed by atoms with Gasteiger partial charge in [0.15, 0.2) is 0 Å². The molecule has 0 spiro atoms. The number of methoxy groups -OCH3 is 1. The highest BCUT2D eigenvalue weighted by molar-refractivity contribution is 5.79. The third-order valence-corrected chi connectivity index (χ3v) is 5.75. The molecular formula is C25H37NO4. The number of aryl methyl sites for hydroxylation is 1. The van der Waals surface area contributed by atoms with Crippen LogP contribution in [-0.4, -0.2) is 47.7 Å². The highest BCUT2D eigenvalue weighted by Gasteiger charge is 2.28. The summed E-state index contributed by atoms with van der Waals surface area (Å²) in [7, 11) is 1.41. The molecule has 0 saturated carbocycles. The van der Waals surface area contributed by atoms with Gasteiger partial charge in [0.1, 0.15) is 0 Å². The smallest absolute Gasteiger partial charge is 0.305 e. The molecule has 0 unspecified atom stereocenters. The number of benzene rings is 1. The molecule has 0 aromatic heterocycles. The Bertz CT molecular complexity index is 658. The van der Waals surface area contributed by atoms with E-state index in [1.807, 2.05) is 23.1 Å². The van der Waals surface area contributed by atoms with Gasteiger partial charge in [0, 0.05) is 19.4 Å². The molecule has 1 saturated heterocycles. The van der Waals surface area contributed by atoms with Crippen molar-refractivity contribution in [1.29, 1.82) is 0 Å². The number of rotatable bonds is 14. The number of hydrogen-bond donors (Lipinski definition) is 1. The van der Waals surface area contributed by atoms with Crippen molar-refractivity contribution in [1.82, 2.24) is 4.90 Å². The number of esters is 1. The van der Waals surface area contributed by atoms with Crippen LogP contribution in [0.5, 0.6) is 0 Å². The van der Waals surface area contributed by atoms with Crippen LogP contribution in [0.2, 0.25) is 0 Å². The number of likely N-dealkylation sites (tertiary alicyclic amines) is 1. The molecule has 2 rings (SSSR count). The number of carbonyl (C=O) groups excluding carboxylic acids is 2. The van der Waals surface area contributed by atoms with E-state index in [2.05, 4.69) is 29.0 Å². The van der Waals surface area contributed by atoms with Crippen LogP contribution in [0.1, 0.15) is 69.8 Å². The monoisotopic (exact) mass is 415 g/mol. The third-order valence-electron chi connectivity index (χ3n) is 5.75. The minimum atomic E-state index is -0.448. The van der Waals surface area contributed by atoms with Crippen molar-refractivity contribution >= 4 is 11.9 Å². The van der Waals surface area contributed by atoms with E-state index >= 15 is 0 Å². The van der Waals surface area contributed by atoms with Crippen LogP contribution in [-0.2, 0) is 20.7 Å². The van der Waals surface area contributed by atoms with Gasteiger partial charge < -0.3 is 14.7 Å². The van der Waals surface area contributed by atoms with Crippen molar-refractivity contribution < 1.29 is 19.4 Å². The molecule has 1 N–H and O–H groups in total. The average Bonchev–Trinajstić information content (AvgIpc) is 3.12. The van der Waals surface area contributed by atoms with Gasteiger partial charge in [-0.25, -0.2) is 0 Å². The maximum absolute atomic E-state index is 12.2. The largest absolute Gasteiger partial charge is 0.469 e. The molecule has 2 atom stereocenters. The first-order chi connectivity index (χ1) is 14.6. The van der Waals surface area contributed by atoms with Gasteiger partial charge in [0.05, 0.1) is 19.3 Å². The summed E-state index contributed by atoms with van der Waals surface area (Å²) in [5, 5.41) is 10.3. The van der Waals surface area contributed by atoms with Crippen LogP contribution in [0.15, 0.2) is 42.5 Å². The van der Waals surface area contributed by atoms with Crippen LogP contribution in [0, 0.1) is 0 Å². The fourth-order valence-corrected chi connectivity index (χ4v) is 3.93. The first-order valence-electron chi connectivity index (χ1n) is 11.4. The number of carbonyl (C=O) groups is 2. The fourth-order valence-electron chi connectivity index (χ4n) is 3.93. The first-order valence-corrected chi connectivity index (χ1v) is 11.4. The molecule has 1 fully saturated rings. The molecule has 0 bridgehead atoms. The molecule has 5 heteroatoms. The van der Waals surface area contributed by atoms with E-state index < -0.39 is 6.10 Å². The number of aliphatic hydroxyl groups is 1. The van der Waals surface area contributed by atoms with Crippen molar-refractivity contribution in [3.63, 3.8) is 0 Å². The van der Waals surface area contributed by atoms with Crippen molar-refractivity contribution in [2.75, 3.05) is 13.7 Å². The number of hydrogen-bond acceptors (Lipinski definition) is 4. The van der Waals surface area contributed by atoms with Crippen molar-refractivity contribution in [3.8, 4) is 0 Å². The maximum atomic E-state index is 12.2. The molecule has 1 aromatic carbocycles. The first kappa shape index (κ1) is 24.1. The molecule has 166 valence electrons. The van der Waals surface area contributed by atoms with Gasteiger partial charge >= 0.3 is 5.97 Å². The second-order valence-electron chi connectivity index (χ2n) is 8.12. The SMILES string of the molecule is COC(=O)CCCCCCN1C(=O)CC[C@@H]1C=C[C@@H](O)CCCCc1ccccc1. The normalized spacial score (nSPS) is 17.6. The molecule has 1 aromatic rings. The zero-order valence-corrected chi connectivity index (χ0v) is 18.3. The third kappa shape index (κ3) is 9.12. The van der Waals surface area contributed by atoms with E-state index in [-0.39, 0.29) is 17.9 Å². The molecule has 5 nitrogen and oxygen atoms in total. The van der Waals surface area contributed by atoms with E-state index in [1.165, 1.54) is 12.7 Å². The predicted molar refractivity (Wildman–Crippen MR) is 119 cm³/mol. The fraction of sp³-hybridized carbons (Fsp3) is 0.600. The average molecular weight is 416 g/mol. The lowest BCUT2D eigenvalue weighted by Gasteiger charge is -2.22. The Morgan fingerprint density at radius 3 is 2.70 bits per heavy atom. The van der Waals surface area contributed by atoms with Gasteiger partial charge in [0.2, 0.25) is 5.91 Å². The molecular weight excluding hydrogens is 378 g/mol. The zero-order chi connectivity index (χ0) is 21.6. The van der Waals surface area contributed by atoms with Crippen molar-refractivity contribution in [2.45, 2.75) is 82.8 Å². The highest BCUT2D eigenvalue weighted by Crippen LogP contribution is 2.21. The molecule has 30 heavy (non-hydrogen) atoms. The Balaban J connectivity index is 1.62. The Morgan fingerprint density at radius 1 is 1.17 bits per heavy atom. The predicted octanol–water partition coefficient (Wildman–Crippen LogP) is 4.43. The molecule has 0 aliphatic carbocycles. The lowest BCUT2D eigenvalue weighted by atomic mass is 10.0. The van der Waals surface area contributed by atoms with Gasteiger partial charge in [-0.2, -0.15) is 0 Å². The number of amides is 1. The summed E-state index contributed by atoms with van der Waals surface area (Å²) in [6.45, 7) is 0.749. The number of nitrogens with zero attached hydrogens (tertiary/aromatic N) is 1. The Labute approximate surface area is 181 Å². The number of aliphatic hydroxyl groups excluding tert-OH is 1. The topological polar surface area (TPSA) is 66.8 Å². The van der Waals surface area contributed by atoms with Crippen LogP contribution >= 0.6 is 0 Å². The number of unbranched alkanes of at least 4 members (excludes halogenated alkanes) is 4. The summed E-state index contributed by atoms with van der Waals surface area (Å²) in [6.07, 6.45) is 12.9. The summed E-state index contributed by atoms with van der Waals surface area (Å²) in [4.78, 5) is 25.2. The Hall–Kier alpha value is -2.14. The Morgan fingerprint density at radius 2 is 1.93 bits per heavy atom. The summed E-state index contributed by atoms with van der Waals surface area (Å²) >= 11 is 0. The van der Waals surface area contributed by atoms with Gasteiger partial charge in [-0.15, -0.1) is 0 Å². The van der Waals surface area contributed by atoms with Crippen LogP contribution in [0.4, 0.5) is 0 Å². The summed E-state index contributed by atoms with van der Waals surface area (Å²) in [6, 6.07) is 10.5. The highest BCUT2D eigenvalue weighted by atomic mass is 16.5. The molecule has 1 amide bonds. The van der Waals surface area contributed by atoms with Crippen molar-refractivity contribution in [2.24, 2.45) is 0 Å². The van der Waals surface area contributed by atoms with E-state index in [4.69, 9.17) is 0 Å². The summed E-state index contributed by atoms with van der Waals surface area (Å²) < 4.78 is 4.64. The second kappa shape index (κ2) is 14.0. The summed E-state index contributed by atoms with van der Waals surface area (Å²) in [5.41, 5.74) is 1.34. The van der Waals surface area contributed by atoms with E-state index in [0.29, 0.717) is 12.8 Å². The number of ether oxygens (including phenoxy) is 1. The molecule has 0 radical (unpaired) electrons. The van der Waals surface area contributed by atoms with Crippen LogP contribution < -0.4 is 0 Å². The lowest BCUT2D eigenvalue weighted by Crippen LogP contribution is -2.32. The lowest BCUT2D eigenvalue weighted by molar-refractivity contribution is -0.140. The van der Waals surface area contributed by atoms with E-state index in [0.717, 1.165) is 64.3 Å².